The van der Waals surface area contributed by atoms with Gasteiger partial charge in [-0.3, -0.25) is 14.6 Å². The average Bonchev–Trinajstić information content (AvgIpc) is 2.75. The minimum Gasteiger partial charge on any atom is -0.502 e. The third kappa shape index (κ3) is 3.86. The fourth-order valence-corrected chi connectivity index (χ4v) is 3.74. The molecule has 1 N–H and O–H groups in total. The normalized spacial score (nSPS) is 15.4. The Morgan fingerprint density at radius 2 is 2.00 bits per heavy atom. The molecule has 0 aliphatic carbocycles. The molecule has 0 saturated carbocycles. The molecule has 0 radical (unpaired) electrons. The Kier molecular flexibility index (Phi) is 5.31. The van der Waals surface area contributed by atoms with Crippen LogP contribution in [0.15, 0.2) is 51.8 Å². The van der Waals surface area contributed by atoms with Crippen LogP contribution >= 0.6 is 0 Å². The van der Waals surface area contributed by atoms with Crippen LogP contribution in [0, 0.1) is 6.92 Å². The van der Waals surface area contributed by atoms with Crippen LogP contribution in [-0.4, -0.2) is 47.2 Å². The third-order valence-electron chi connectivity index (χ3n) is 5.19. The number of rotatable bonds is 4. The number of carbonyl (C=O) groups excluding carboxylic acids is 1. The monoisotopic (exact) mass is 394 g/mol. The van der Waals surface area contributed by atoms with Gasteiger partial charge in [0.1, 0.15) is 5.76 Å². The van der Waals surface area contributed by atoms with Crippen molar-refractivity contribution in [2.24, 2.45) is 0 Å². The van der Waals surface area contributed by atoms with Crippen molar-refractivity contribution < 1.29 is 19.1 Å². The summed E-state index contributed by atoms with van der Waals surface area (Å²) in [4.78, 5) is 31.4. The van der Waals surface area contributed by atoms with Crippen molar-refractivity contribution >= 4 is 16.8 Å². The Labute approximate surface area is 167 Å². The number of aromatic hydroxyl groups is 1. The number of hydrogen-bond acceptors (Lipinski definition) is 6. The average molecular weight is 394 g/mol. The second-order valence-electron chi connectivity index (χ2n) is 7.10. The van der Waals surface area contributed by atoms with Gasteiger partial charge in [0.2, 0.25) is 17.1 Å². The van der Waals surface area contributed by atoms with E-state index in [2.05, 4.69) is 4.98 Å². The molecule has 1 fully saturated rings. The van der Waals surface area contributed by atoms with Gasteiger partial charge in [-0.25, -0.2) is 0 Å². The van der Waals surface area contributed by atoms with Gasteiger partial charge in [0.15, 0.2) is 5.76 Å². The molecule has 1 aromatic carbocycles. The van der Waals surface area contributed by atoms with Gasteiger partial charge in [-0.2, -0.15) is 0 Å². The van der Waals surface area contributed by atoms with Crippen molar-refractivity contribution in [3.63, 3.8) is 0 Å². The summed E-state index contributed by atoms with van der Waals surface area (Å²) in [6.07, 6.45) is 1.72. The van der Waals surface area contributed by atoms with Gasteiger partial charge < -0.3 is 19.2 Å². The second kappa shape index (κ2) is 8.05. The molecule has 3 aromatic rings. The Bertz CT molecular complexity index is 1100. The fraction of sp³-hybridized carbons (Fsp3) is 0.318. The third-order valence-corrected chi connectivity index (χ3v) is 5.19. The highest BCUT2D eigenvalue weighted by atomic mass is 16.5. The van der Waals surface area contributed by atoms with Crippen LogP contribution < -0.4 is 5.43 Å². The van der Waals surface area contributed by atoms with Gasteiger partial charge in [0.25, 0.3) is 0 Å². The maximum Gasteiger partial charge on any atom is 0.227 e. The molecule has 1 atom stereocenters. The van der Waals surface area contributed by atoms with Crippen molar-refractivity contribution in [1.29, 1.82) is 0 Å². The van der Waals surface area contributed by atoms with Gasteiger partial charge in [0, 0.05) is 37.2 Å². The Hall–Kier alpha value is -3.19. The maximum absolute atomic E-state index is 13.0. The minimum absolute atomic E-state index is 0.0635. The van der Waals surface area contributed by atoms with Gasteiger partial charge in [-0.05, 0) is 24.6 Å². The van der Waals surface area contributed by atoms with Crippen molar-refractivity contribution in [2.75, 3.05) is 26.3 Å². The highest BCUT2D eigenvalue weighted by Crippen LogP contribution is 2.36. The van der Waals surface area contributed by atoms with E-state index in [0.29, 0.717) is 32.1 Å². The number of aromatic nitrogens is 1. The topological polar surface area (TPSA) is 92.9 Å². The Morgan fingerprint density at radius 3 is 2.79 bits per heavy atom. The molecule has 7 heteroatoms. The molecule has 1 saturated heterocycles. The molecule has 29 heavy (non-hydrogen) atoms. The molecule has 1 amide bonds. The van der Waals surface area contributed by atoms with Crippen LogP contribution in [0.2, 0.25) is 0 Å². The summed E-state index contributed by atoms with van der Waals surface area (Å²) in [6.45, 7) is 3.69. The number of morpholine rings is 1. The molecule has 7 nitrogen and oxygen atoms in total. The summed E-state index contributed by atoms with van der Waals surface area (Å²) in [5.41, 5.74) is 1.02. The summed E-state index contributed by atoms with van der Waals surface area (Å²) in [5.74, 6) is -0.678. The number of nitrogens with zero attached hydrogens (tertiary/aromatic N) is 2. The lowest BCUT2D eigenvalue weighted by atomic mass is 9.89. The lowest BCUT2D eigenvalue weighted by molar-refractivity contribution is -0.135. The molecule has 0 unspecified atom stereocenters. The zero-order valence-corrected chi connectivity index (χ0v) is 16.1. The standard InChI is InChI=1S/C22H22N2O5/c1-14-12-19(25)21(27)22(29-14)17(13-20(26)24-8-10-28-11-9-24)15-6-7-23-18-5-3-2-4-16(15)18/h2-7,12,17,27H,8-11,13H2,1H3/t17-/m1/s1. The highest BCUT2D eigenvalue weighted by Gasteiger charge is 2.29. The number of benzene rings is 1. The van der Waals surface area contributed by atoms with Crippen molar-refractivity contribution in [3.8, 4) is 5.75 Å². The SMILES string of the molecule is Cc1cc(=O)c(O)c([C@H](CC(=O)N2CCOCC2)c2ccnc3ccccc23)o1. The molecule has 2 aromatic heterocycles. The van der Waals surface area contributed by atoms with E-state index in [4.69, 9.17) is 9.15 Å². The first-order chi connectivity index (χ1) is 14.0. The Morgan fingerprint density at radius 1 is 1.24 bits per heavy atom. The molecule has 1 aliphatic heterocycles. The zero-order chi connectivity index (χ0) is 20.4. The molecule has 150 valence electrons. The summed E-state index contributed by atoms with van der Waals surface area (Å²) in [5, 5.41) is 11.3. The van der Waals surface area contributed by atoms with Gasteiger partial charge in [-0.15, -0.1) is 0 Å². The fourth-order valence-electron chi connectivity index (χ4n) is 3.74. The van der Waals surface area contributed by atoms with E-state index in [9.17, 15) is 14.7 Å². The van der Waals surface area contributed by atoms with Crippen LogP contribution in [0.1, 0.15) is 29.4 Å². The molecule has 0 bridgehead atoms. The summed E-state index contributed by atoms with van der Waals surface area (Å²) in [7, 11) is 0. The highest BCUT2D eigenvalue weighted by molar-refractivity contribution is 5.85. The minimum atomic E-state index is -0.620. The molecule has 3 heterocycles. The number of carbonyl (C=O) groups is 1. The predicted octanol–water partition coefficient (Wildman–Crippen LogP) is 2.58. The number of fused-ring (bicyclic) bond motifs is 1. The van der Waals surface area contributed by atoms with Gasteiger partial charge in [0.05, 0.1) is 24.6 Å². The first kappa shape index (κ1) is 19.1. The van der Waals surface area contributed by atoms with Crippen LogP contribution in [0.4, 0.5) is 0 Å². The summed E-state index contributed by atoms with van der Waals surface area (Å²) < 4.78 is 11.1. The zero-order valence-electron chi connectivity index (χ0n) is 16.1. The van der Waals surface area contributed by atoms with E-state index >= 15 is 0 Å². The van der Waals surface area contributed by atoms with E-state index in [1.807, 2.05) is 24.3 Å². The van der Waals surface area contributed by atoms with E-state index in [0.717, 1.165) is 16.5 Å². The van der Waals surface area contributed by atoms with E-state index < -0.39 is 17.1 Å². The lowest BCUT2D eigenvalue weighted by Crippen LogP contribution is -2.41. The van der Waals surface area contributed by atoms with Gasteiger partial charge >= 0.3 is 0 Å². The summed E-state index contributed by atoms with van der Waals surface area (Å²) >= 11 is 0. The molecular weight excluding hydrogens is 372 g/mol. The number of pyridine rings is 1. The predicted molar refractivity (Wildman–Crippen MR) is 107 cm³/mol. The van der Waals surface area contributed by atoms with Crippen LogP contribution in [0.3, 0.4) is 0 Å². The van der Waals surface area contributed by atoms with Gasteiger partial charge in [-0.1, -0.05) is 18.2 Å². The first-order valence-corrected chi connectivity index (χ1v) is 9.57. The summed E-state index contributed by atoms with van der Waals surface area (Å²) in [6, 6.07) is 10.6. The van der Waals surface area contributed by atoms with E-state index in [1.165, 1.54) is 6.07 Å². The van der Waals surface area contributed by atoms with Crippen LogP contribution in [-0.2, 0) is 9.53 Å². The second-order valence-corrected chi connectivity index (χ2v) is 7.10. The first-order valence-electron chi connectivity index (χ1n) is 9.57. The smallest absolute Gasteiger partial charge is 0.227 e. The maximum atomic E-state index is 13.0. The Balaban J connectivity index is 1.83. The molecule has 4 rings (SSSR count). The molecule has 1 aliphatic rings. The van der Waals surface area contributed by atoms with E-state index in [-0.39, 0.29) is 18.1 Å². The quantitative estimate of drug-likeness (QED) is 0.731. The molecular formula is C22H22N2O5. The molecule has 0 spiro atoms. The number of ether oxygens (including phenoxy) is 1. The number of amides is 1. The van der Waals surface area contributed by atoms with Crippen molar-refractivity contribution in [1.82, 2.24) is 9.88 Å². The van der Waals surface area contributed by atoms with Crippen LogP contribution in [0.25, 0.3) is 10.9 Å². The van der Waals surface area contributed by atoms with Crippen LogP contribution in [0.5, 0.6) is 5.75 Å². The number of hydrogen-bond donors (Lipinski definition) is 1. The van der Waals surface area contributed by atoms with E-state index in [1.54, 1.807) is 24.1 Å². The largest absolute Gasteiger partial charge is 0.502 e. The lowest BCUT2D eigenvalue weighted by Gasteiger charge is -2.28. The number of para-hydroxylation sites is 1. The van der Waals surface area contributed by atoms with Crippen molar-refractivity contribution in [3.05, 3.63) is 69.9 Å². The van der Waals surface area contributed by atoms with Crippen molar-refractivity contribution in [2.45, 2.75) is 19.3 Å². The number of aryl methyl sites for hydroxylation is 1.